The van der Waals surface area contributed by atoms with Crippen LogP contribution in [-0.4, -0.2) is 16.9 Å². The maximum absolute atomic E-state index is 6.31. The van der Waals surface area contributed by atoms with Gasteiger partial charge in [-0.1, -0.05) is 30.7 Å². The first-order valence-corrected chi connectivity index (χ1v) is 7.32. The Balaban J connectivity index is 2.52. The molecule has 0 bridgehead atoms. The molecule has 1 aromatic carbocycles. The predicted molar refractivity (Wildman–Crippen MR) is 84.4 cm³/mol. The normalized spacial score (nSPS) is 12.4. The second-order valence-corrected chi connectivity index (χ2v) is 5.35. The highest BCUT2D eigenvalue weighted by Crippen LogP contribution is 2.33. The van der Waals surface area contributed by atoms with Gasteiger partial charge in [-0.05, 0) is 25.0 Å². The van der Waals surface area contributed by atoms with Crippen molar-refractivity contribution in [2.45, 2.75) is 32.9 Å². The van der Waals surface area contributed by atoms with Crippen LogP contribution in [0.15, 0.2) is 24.4 Å². The summed E-state index contributed by atoms with van der Waals surface area (Å²) in [6.07, 6.45) is 2.62. The van der Waals surface area contributed by atoms with Crippen molar-refractivity contribution < 1.29 is 4.74 Å². The summed E-state index contributed by atoms with van der Waals surface area (Å²) in [5.41, 5.74) is 5.74. The number of nitrogens with zero attached hydrogens (tertiary/aromatic N) is 2. The van der Waals surface area contributed by atoms with Gasteiger partial charge in [0.05, 0.1) is 30.1 Å². The number of hydrogen-bond acceptors (Lipinski definition) is 4. The monoisotopic (exact) mass is 308 g/mol. The predicted octanol–water partition coefficient (Wildman–Crippen LogP) is 2.82. The maximum atomic E-state index is 6.31. The van der Waals surface area contributed by atoms with Crippen molar-refractivity contribution in [3.8, 4) is 5.75 Å². The zero-order chi connectivity index (χ0) is 15.4. The minimum atomic E-state index is -0.276. The Morgan fingerprint density at radius 3 is 2.86 bits per heavy atom. The van der Waals surface area contributed by atoms with Crippen LogP contribution in [0.2, 0.25) is 5.02 Å². The van der Waals surface area contributed by atoms with Gasteiger partial charge < -0.3 is 4.74 Å². The molecule has 1 unspecified atom stereocenters. The average molecular weight is 309 g/mol. The van der Waals surface area contributed by atoms with E-state index in [1.54, 1.807) is 13.3 Å². The molecule has 0 saturated carbocycles. The molecule has 114 valence electrons. The molecule has 21 heavy (non-hydrogen) atoms. The van der Waals surface area contributed by atoms with Crippen LogP contribution in [0.3, 0.4) is 0 Å². The standard InChI is InChI=1S/C15H21ClN4O/c1-4-7-20-15(12(16)9-18-20)14(19-17)11-6-5-10(2)8-13(11)21-3/h5-6,8-9,14,19H,4,7,17H2,1-3H3. The van der Waals surface area contributed by atoms with Crippen LogP contribution in [0.4, 0.5) is 0 Å². The highest BCUT2D eigenvalue weighted by atomic mass is 35.5. The van der Waals surface area contributed by atoms with Crippen molar-refractivity contribution in [1.82, 2.24) is 15.2 Å². The molecule has 3 N–H and O–H groups in total. The van der Waals surface area contributed by atoms with Gasteiger partial charge in [-0.15, -0.1) is 0 Å². The van der Waals surface area contributed by atoms with Crippen LogP contribution in [0.25, 0.3) is 0 Å². The lowest BCUT2D eigenvalue weighted by molar-refractivity contribution is 0.401. The Morgan fingerprint density at radius 2 is 2.24 bits per heavy atom. The van der Waals surface area contributed by atoms with Crippen molar-refractivity contribution >= 4 is 11.6 Å². The minimum absolute atomic E-state index is 0.276. The Morgan fingerprint density at radius 1 is 1.48 bits per heavy atom. The molecule has 0 aliphatic carbocycles. The van der Waals surface area contributed by atoms with Gasteiger partial charge in [-0.2, -0.15) is 5.10 Å². The Labute approximate surface area is 130 Å². The number of methoxy groups -OCH3 is 1. The molecular formula is C15H21ClN4O. The summed E-state index contributed by atoms with van der Waals surface area (Å²) < 4.78 is 7.36. The summed E-state index contributed by atoms with van der Waals surface area (Å²) >= 11 is 6.31. The quantitative estimate of drug-likeness (QED) is 0.636. The van der Waals surface area contributed by atoms with Gasteiger partial charge in [0.1, 0.15) is 5.75 Å². The molecule has 2 rings (SSSR count). The minimum Gasteiger partial charge on any atom is -0.496 e. The van der Waals surface area contributed by atoms with Crippen LogP contribution >= 0.6 is 11.6 Å². The highest BCUT2D eigenvalue weighted by Gasteiger charge is 2.23. The van der Waals surface area contributed by atoms with Gasteiger partial charge in [0.15, 0.2) is 0 Å². The smallest absolute Gasteiger partial charge is 0.124 e. The summed E-state index contributed by atoms with van der Waals surface area (Å²) in [6, 6.07) is 5.73. The topological polar surface area (TPSA) is 65.1 Å². The van der Waals surface area contributed by atoms with E-state index in [2.05, 4.69) is 17.4 Å². The van der Waals surface area contributed by atoms with Crippen molar-refractivity contribution in [1.29, 1.82) is 0 Å². The van der Waals surface area contributed by atoms with Gasteiger partial charge in [0, 0.05) is 12.1 Å². The van der Waals surface area contributed by atoms with Gasteiger partial charge in [0.25, 0.3) is 0 Å². The molecule has 6 heteroatoms. The van der Waals surface area contributed by atoms with E-state index in [1.807, 2.05) is 29.8 Å². The lowest BCUT2D eigenvalue weighted by Gasteiger charge is -2.21. The van der Waals surface area contributed by atoms with E-state index in [9.17, 15) is 0 Å². The lowest BCUT2D eigenvalue weighted by atomic mass is 10.0. The number of rotatable bonds is 6. The average Bonchev–Trinajstić information content (AvgIpc) is 2.83. The second kappa shape index (κ2) is 6.93. The van der Waals surface area contributed by atoms with Crippen LogP contribution < -0.4 is 16.0 Å². The number of aromatic nitrogens is 2. The first-order chi connectivity index (χ1) is 10.1. The molecule has 0 amide bonds. The molecule has 0 aliphatic heterocycles. The molecule has 2 aromatic rings. The number of aryl methyl sites for hydroxylation is 2. The van der Waals surface area contributed by atoms with Gasteiger partial charge in [-0.25, -0.2) is 5.43 Å². The highest BCUT2D eigenvalue weighted by molar-refractivity contribution is 6.31. The zero-order valence-electron chi connectivity index (χ0n) is 12.6. The molecule has 0 spiro atoms. The van der Waals surface area contributed by atoms with E-state index >= 15 is 0 Å². The van der Waals surface area contributed by atoms with Gasteiger partial charge >= 0.3 is 0 Å². The number of hydrogen-bond donors (Lipinski definition) is 2. The Bertz CT molecular complexity index is 612. The van der Waals surface area contributed by atoms with Crippen LogP contribution in [0.5, 0.6) is 5.75 Å². The summed E-state index contributed by atoms with van der Waals surface area (Å²) in [7, 11) is 1.65. The fourth-order valence-electron chi connectivity index (χ4n) is 2.42. The summed E-state index contributed by atoms with van der Waals surface area (Å²) in [6.45, 7) is 4.90. The number of hydrazine groups is 1. The van der Waals surface area contributed by atoms with Crippen LogP contribution in [0.1, 0.15) is 36.2 Å². The van der Waals surface area contributed by atoms with E-state index in [0.717, 1.165) is 35.5 Å². The third-order valence-corrected chi connectivity index (χ3v) is 3.70. The van der Waals surface area contributed by atoms with E-state index in [4.69, 9.17) is 22.2 Å². The van der Waals surface area contributed by atoms with Crippen LogP contribution in [0, 0.1) is 6.92 Å². The summed E-state index contributed by atoms with van der Waals surface area (Å²) in [4.78, 5) is 0. The van der Waals surface area contributed by atoms with E-state index in [0.29, 0.717) is 5.02 Å². The number of nitrogens with two attached hydrogens (primary N) is 1. The second-order valence-electron chi connectivity index (χ2n) is 4.95. The molecular weight excluding hydrogens is 288 g/mol. The molecule has 0 aliphatic rings. The van der Waals surface area contributed by atoms with Crippen molar-refractivity contribution in [2.75, 3.05) is 7.11 Å². The molecule has 1 heterocycles. The van der Waals surface area contributed by atoms with E-state index in [-0.39, 0.29) is 6.04 Å². The number of halogens is 1. The van der Waals surface area contributed by atoms with Gasteiger partial charge in [0.2, 0.25) is 0 Å². The van der Waals surface area contributed by atoms with Gasteiger partial charge in [-0.3, -0.25) is 10.5 Å². The van der Waals surface area contributed by atoms with Crippen molar-refractivity contribution in [2.24, 2.45) is 5.84 Å². The van der Waals surface area contributed by atoms with Crippen molar-refractivity contribution in [3.05, 3.63) is 46.2 Å². The third-order valence-electron chi connectivity index (χ3n) is 3.41. The molecule has 5 nitrogen and oxygen atoms in total. The number of nitrogens with one attached hydrogen (secondary N) is 1. The third kappa shape index (κ3) is 3.20. The summed E-state index contributed by atoms with van der Waals surface area (Å²) in [5.74, 6) is 6.56. The first kappa shape index (κ1) is 15.8. The van der Waals surface area contributed by atoms with Crippen molar-refractivity contribution in [3.63, 3.8) is 0 Å². The Hall–Kier alpha value is -1.56. The summed E-state index contributed by atoms with van der Waals surface area (Å²) in [5, 5.41) is 4.91. The van der Waals surface area contributed by atoms with Crippen LogP contribution in [-0.2, 0) is 6.54 Å². The molecule has 0 saturated heterocycles. The molecule has 1 atom stereocenters. The number of ether oxygens (including phenoxy) is 1. The fourth-order valence-corrected chi connectivity index (χ4v) is 2.67. The lowest BCUT2D eigenvalue weighted by Crippen LogP contribution is -2.31. The SMILES string of the molecule is CCCn1ncc(Cl)c1C(NN)c1ccc(C)cc1OC. The van der Waals surface area contributed by atoms with E-state index in [1.165, 1.54) is 0 Å². The Kier molecular flexibility index (Phi) is 5.22. The zero-order valence-corrected chi connectivity index (χ0v) is 13.3. The first-order valence-electron chi connectivity index (χ1n) is 6.94. The largest absolute Gasteiger partial charge is 0.496 e. The molecule has 0 fully saturated rings. The molecule has 0 radical (unpaired) electrons. The van der Waals surface area contributed by atoms with E-state index < -0.39 is 0 Å². The fraction of sp³-hybridized carbons (Fsp3) is 0.400. The maximum Gasteiger partial charge on any atom is 0.124 e. The number of benzene rings is 1. The molecule has 1 aromatic heterocycles.